The summed E-state index contributed by atoms with van der Waals surface area (Å²) in [4.78, 5) is 0. The van der Waals surface area contributed by atoms with E-state index in [1.165, 1.54) is 0 Å². The van der Waals surface area contributed by atoms with Crippen LogP contribution >= 0.6 is 0 Å². The largest absolute Gasteiger partial charge is 0.379 e. The first kappa shape index (κ1) is 6.91. The molecule has 54 valence electrons. The second kappa shape index (κ2) is 3.09. The van der Waals surface area contributed by atoms with Crippen molar-refractivity contribution < 1.29 is 9.94 Å². The van der Waals surface area contributed by atoms with Gasteiger partial charge in [-0.3, -0.25) is 5.21 Å². The Hall–Kier alpha value is -0.200. The highest BCUT2D eigenvalue weighted by Gasteiger charge is 2.12. The summed E-state index contributed by atoms with van der Waals surface area (Å²) in [6.45, 7) is 2.59. The van der Waals surface area contributed by atoms with Gasteiger partial charge in [-0.05, 0) is 0 Å². The van der Waals surface area contributed by atoms with Crippen molar-refractivity contribution in [2.75, 3.05) is 26.3 Å². The number of hydrogen-bond donors (Lipinski definition) is 2. The van der Waals surface area contributed by atoms with Gasteiger partial charge < -0.3 is 4.74 Å². The van der Waals surface area contributed by atoms with Gasteiger partial charge in [0.05, 0.1) is 13.2 Å². The lowest BCUT2D eigenvalue weighted by Crippen LogP contribution is -2.50. The van der Waals surface area contributed by atoms with Crippen LogP contribution in [0.1, 0.15) is 0 Å². The maximum Gasteiger partial charge on any atom is 0.0609 e. The van der Waals surface area contributed by atoms with Crippen molar-refractivity contribution in [3.8, 4) is 0 Å². The van der Waals surface area contributed by atoms with E-state index in [2.05, 4.69) is 0 Å². The number of hydrazine groups is 2. The molecule has 0 aromatic carbocycles. The second-order valence-electron chi connectivity index (χ2n) is 1.89. The molecular formula is C4H11N3O2. The third-order valence-corrected chi connectivity index (χ3v) is 1.28. The van der Waals surface area contributed by atoms with Gasteiger partial charge >= 0.3 is 0 Å². The molecule has 0 amide bonds. The predicted molar refractivity (Wildman–Crippen MR) is 30.2 cm³/mol. The highest BCUT2D eigenvalue weighted by atomic mass is 16.6. The quantitative estimate of drug-likeness (QED) is 0.347. The molecule has 9 heavy (non-hydrogen) atoms. The van der Waals surface area contributed by atoms with E-state index in [4.69, 9.17) is 15.8 Å². The molecular weight excluding hydrogens is 122 g/mol. The summed E-state index contributed by atoms with van der Waals surface area (Å²) in [5.74, 6) is 5.03. The SMILES string of the molecule is NN(O)N1CCOCC1. The van der Waals surface area contributed by atoms with Crippen LogP contribution in [0.5, 0.6) is 0 Å². The molecule has 1 aliphatic rings. The zero-order valence-electron chi connectivity index (χ0n) is 5.16. The van der Waals surface area contributed by atoms with E-state index in [1.807, 2.05) is 0 Å². The van der Waals surface area contributed by atoms with Crippen LogP contribution in [0.25, 0.3) is 0 Å². The molecule has 0 unspecified atom stereocenters. The summed E-state index contributed by atoms with van der Waals surface area (Å²) in [7, 11) is 0. The van der Waals surface area contributed by atoms with Crippen molar-refractivity contribution >= 4 is 0 Å². The summed E-state index contributed by atoms with van der Waals surface area (Å²) < 4.78 is 5.01. The minimum absolute atomic E-state index is 0.614. The predicted octanol–water partition coefficient (Wildman–Crippen LogP) is -1.20. The van der Waals surface area contributed by atoms with Crippen LogP contribution in [-0.4, -0.2) is 41.8 Å². The van der Waals surface area contributed by atoms with Crippen LogP contribution < -0.4 is 5.84 Å². The van der Waals surface area contributed by atoms with E-state index < -0.39 is 0 Å². The monoisotopic (exact) mass is 133 g/mol. The van der Waals surface area contributed by atoms with Gasteiger partial charge in [-0.25, -0.2) is 5.84 Å². The summed E-state index contributed by atoms with van der Waals surface area (Å²) in [6.07, 6.45) is 0. The number of ether oxygens (including phenoxy) is 1. The lowest BCUT2D eigenvalue weighted by atomic mass is 10.5. The molecule has 0 aromatic rings. The lowest BCUT2D eigenvalue weighted by Gasteiger charge is -2.29. The van der Waals surface area contributed by atoms with Crippen molar-refractivity contribution in [1.29, 1.82) is 0 Å². The average Bonchev–Trinajstić information content (AvgIpc) is 1.90. The first-order chi connectivity index (χ1) is 4.30. The fraction of sp³-hybridized carbons (Fsp3) is 1.00. The molecule has 0 radical (unpaired) electrons. The summed E-state index contributed by atoms with van der Waals surface area (Å²) in [5, 5.41) is 10.9. The molecule has 1 saturated heterocycles. The zero-order chi connectivity index (χ0) is 6.69. The molecule has 0 aromatic heterocycles. The maximum absolute atomic E-state index is 8.66. The van der Waals surface area contributed by atoms with Gasteiger partial charge in [-0.15, -0.1) is 0 Å². The Bertz CT molecular complexity index is 81.9. The molecule has 1 aliphatic heterocycles. The molecule has 5 nitrogen and oxygen atoms in total. The molecule has 0 spiro atoms. The summed E-state index contributed by atoms with van der Waals surface area (Å²) >= 11 is 0. The Morgan fingerprint density at radius 1 is 1.44 bits per heavy atom. The van der Waals surface area contributed by atoms with Gasteiger partial charge in [0.15, 0.2) is 0 Å². The van der Waals surface area contributed by atoms with Crippen LogP contribution in [0, 0.1) is 0 Å². The van der Waals surface area contributed by atoms with E-state index in [9.17, 15) is 0 Å². The van der Waals surface area contributed by atoms with Gasteiger partial charge in [0.25, 0.3) is 0 Å². The molecule has 3 N–H and O–H groups in total. The van der Waals surface area contributed by atoms with Crippen LogP contribution in [0.2, 0.25) is 0 Å². The van der Waals surface area contributed by atoms with Gasteiger partial charge in [0, 0.05) is 13.1 Å². The Balaban J connectivity index is 2.23. The smallest absolute Gasteiger partial charge is 0.0609 e. The first-order valence-corrected chi connectivity index (χ1v) is 2.87. The minimum Gasteiger partial charge on any atom is -0.379 e. The third-order valence-electron chi connectivity index (χ3n) is 1.28. The van der Waals surface area contributed by atoms with Crippen LogP contribution in [0.4, 0.5) is 0 Å². The molecule has 0 atom stereocenters. The molecule has 0 saturated carbocycles. The van der Waals surface area contributed by atoms with Crippen molar-refractivity contribution in [2.45, 2.75) is 0 Å². The summed E-state index contributed by atoms with van der Waals surface area (Å²) in [6, 6.07) is 0. The lowest BCUT2D eigenvalue weighted by molar-refractivity contribution is -0.265. The van der Waals surface area contributed by atoms with Crippen molar-refractivity contribution in [3.63, 3.8) is 0 Å². The minimum atomic E-state index is 0.614. The van der Waals surface area contributed by atoms with Gasteiger partial charge in [0.1, 0.15) is 0 Å². The van der Waals surface area contributed by atoms with E-state index in [-0.39, 0.29) is 0 Å². The van der Waals surface area contributed by atoms with Crippen molar-refractivity contribution in [3.05, 3.63) is 0 Å². The Morgan fingerprint density at radius 3 is 2.33 bits per heavy atom. The standard InChI is InChI=1S/C4H11N3O2/c5-7(8)6-1-3-9-4-2-6/h8H,1-5H2. The van der Waals surface area contributed by atoms with E-state index in [0.717, 1.165) is 0 Å². The van der Waals surface area contributed by atoms with Crippen LogP contribution in [0.15, 0.2) is 0 Å². The van der Waals surface area contributed by atoms with Gasteiger partial charge in [-0.1, -0.05) is 5.28 Å². The number of rotatable bonds is 1. The molecule has 1 heterocycles. The van der Waals surface area contributed by atoms with E-state index in [0.29, 0.717) is 31.6 Å². The Kier molecular flexibility index (Phi) is 2.38. The Morgan fingerprint density at radius 2 is 2.00 bits per heavy atom. The topological polar surface area (TPSA) is 62.0 Å². The normalized spacial score (nSPS) is 23.0. The molecule has 5 heteroatoms. The number of hydrogen-bond acceptors (Lipinski definition) is 5. The third kappa shape index (κ3) is 1.88. The molecule has 0 bridgehead atoms. The van der Waals surface area contributed by atoms with Gasteiger partial charge in [0.2, 0.25) is 0 Å². The number of nitrogens with zero attached hydrogens (tertiary/aromatic N) is 2. The molecule has 1 rings (SSSR count). The fourth-order valence-electron chi connectivity index (χ4n) is 0.759. The van der Waals surface area contributed by atoms with Crippen molar-refractivity contribution in [1.82, 2.24) is 10.3 Å². The summed E-state index contributed by atoms with van der Waals surface area (Å²) in [5.41, 5.74) is 0. The van der Waals surface area contributed by atoms with Crippen molar-refractivity contribution in [2.24, 2.45) is 5.84 Å². The van der Waals surface area contributed by atoms with Crippen LogP contribution in [-0.2, 0) is 4.74 Å². The Labute approximate surface area is 53.5 Å². The van der Waals surface area contributed by atoms with Gasteiger partial charge in [-0.2, -0.15) is 5.01 Å². The van der Waals surface area contributed by atoms with E-state index in [1.54, 1.807) is 5.01 Å². The second-order valence-corrected chi connectivity index (χ2v) is 1.89. The van der Waals surface area contributed by atoms with E-state index >= 15 is 0 Å². The zero-order valence-corrected chi connectivity index (χ0v) is 5.16. The fourth-order valence-corrected chi connectivity index (χ4v) is 0.759. The average molecular weight is 133 g/mol. The maximum atomic E-state index is 8.66. The number of morpholine rings is 1. The van der Waals surface area contributed by atoms with Crippen LogP contribution in [0.3, 0.4) is 0 Å². The molecule has 1 fully saturated rings. The first-order valence-electron chi connectivity index (χ1n) is 2.87. The molecule has 0 aliphatic carbocycles. The highest BCUT2D eigenvalue weighted by Crippen LogP contribution is 1.94. The number of nitrogens with two attached hydrogens (primary N) is 1. The highest BCUT2D eigenvalue weighted by molar-refractivity contribution is 4.52.